The molecular weight excluding hydrogens is 246 g/mol. The lowest BCUT2D eigenvalue weighted by Crippen LogP contribution is -2.33. The fourth-order valence-electron chi connectivity index (χ4n) is 2.20. The van der Waals surface area contributed by atoms with E-state index in [9.17, 15) is 4.79 Å². The molecule has 0 amide bonds. The number of esters is 1. The minimum atomic E-state index is -0.455. The van der Waals surface area contributed by atoms with Crippen LogP contribution in [-0.2, 0) is 9.47 Å². The summed E-state index contributed by atoms with van der Waals surface area (Å²) in [6.07, 6.45) is 3.56. The van der Waals surface area contributed by atoms with Gasteiger partial charge in [-0.2, -0.15) is 0 Å². The van der Waals surface area contributed by atoms with Gasteiger partial charge < -0.3 is 20.5 Å². The molecule has 0 bridgehead atoms. The zero-order valence-corrected chi connectivity index (χ0v) is 11.2. The molecule has 104 valence electrons. The average molecular weight is 265 g/mol. The summed E-state index contributed by atoms with van der Waals surface area (Å²) in [5, 5.41) is 3.28. The predicted octanol–water partition coefficient (Wildman–Crippen LogP) is 1.43. The molecule has 6 heteroatoms. The number of hydrogen-bond acceptors (Lipinski definition) is 6. The Hall–Kier alpha value is -1.82. The molecular formula is C13H19N3O3. The number of carbonyl (C=O) groups is 1. The van der Waals surface area contributed by atoms with Crippen LogP contribution >= 0.6 is 0 Å². The summed E-state index contributed by atoms with van der Waals surface area (Å²) in [6, 6.07) is 1.81. The van der Waals surface area contributed by atoms with E-state index in [4.69, 9.17) is 10.5 Å². The molecule has 19 heavy (non-hydrogen) atoms. The molecule has 1 aliphatic rings. The molecule has 1 aliphatic heterocycles. The number of anilines is 2. The van der Waals surface area contributed by atoms with Crippen LogP contribution in [-0.4, -0.2) is 36.8 Å². The Kier molecular flexibility index (Phi) is 4.21. The van der Waals surface area contributed by atoms with E-state index in [1.165, 1.54) is 7.11 Å². The van der Waals surface area contributed by atoms with E-state index in [1.54, 1.807) is 12.3 Å². The first kappa shape index (κ1) is 13.6. The van der Waals surface area contributed by atoms with E-state index in [0.717, 1.165) is 19.4 Å². The maximum Gasteiger partial charge on any atom is 0.340 e. The highest BCUT2D eigenvalue weighted by Crippen LogP contribution is 2.24. The van der Waals surface area contributed by atoms with Gasteiger partial charge in [-0.15, -0.1) is 0 Å². The van der Waals surface area contributed by atoms with Gasteiger partial charge in [0.1, 0.15) is 5.82 Å². The molecule has 2 atom stereocenters. The van der Waals surface area contributed by atoms with E-state index < -0.39 is 5.97 Å². The molecule has 2 unspecified atom stereocenters. The van der Waals surface area contributed by atoms with Crippen LogP contribution in [0.5, 0.6) is 0 Å². The molecule has 0 radical (unpaired) electrons. The first-order valence-corrected chi connectivity index (χ1v) is 6.32. The summed E-state index contributed by atoms with van der Waals surface area (Å²) in [7, 11) is 1.33. The Morgan fingerprint density at radius 1 is 1.63 bits per heavy atom. The van der Waals surface area contributed by atoms with Gasteiger partial charge in [-0.3, -0.25) is 0 Å². The summed E-state index contributed by atoms with van der Waals surface area (Å²) in [6.45, 7) is 2.75. The third kappa shape index (κ3) is 3.14. The lowest BCUT2D eigenvalue weighted by Gasteiger charge is -2.28. The van der Waals surface area contributed by atoms with Crippen LogP contribution < -0.4 is 11.1 Å². The summed E-state index contributed by atoms with van der Waals surface area (Å²) < 4.78 is 10.2. The van der Waals surface area contributed by atoms with Crippen molar-refractivity contribution < 1.29 is 14.3 Å². The van der Waals surface area contributed by atoms with Crippen LogP contribution in [0.4, 0.5) is 11.5 Å². The standard InChI is InChI=1S/C13H19N3O3/c1-8-7-9(4-6-19-8)16-12-11(14)10(3-5-15-12)13(17)18-2/h3,5,8-9H,4,6-7,14H2,1-2H3,(H,15,16). The topological polar surface area (TPSA) is 86.5 Å². The molecule has 0 aliphatic carbocycles. The molecule has 0 saturated carbocycles. The number of hydrogen-bond donors (Lipinski definition) is 2. The number of nitrogen functional groups attached to an aromatic ring is 1. The third-order valence-corrected chi connectivity index (χ3v) is 3.22. The molecule has 1 fully saturated rings. The Labute approximate surface area is 112 Å². The SMILES string of the molecule is COC(=O)c1ccnc(NC2CCOC(C)C2)c1N. The number of ether oxygens (including phenoxy) is 2. The molecule has 3 N–H and O–H groups in total. The minimum absolute atomic E-state index is 0.219. The maximum atomic E-state index is 11.6. The van der Waals surface area contributed by atoms with Crippen LogP contribution in [0.3, 0.4) is 0 Å². The van der Waals surface area contributed by atoms with Crippen LogP contribution in [0, 0.1) is 0 Å². The van der Waals surface area contributed by atoms with Gasteiger partial charge in [-0.05, 0) is 25.8 Å². The van der Waals surface area contributed by atoms with Gasteiger partial charge in [0.05, 0.1) is 24.5 Å². The fourth-order valence-corrected chi connectivity index (χ4v) is 2.20. The van der Waals surface area contributed by atoms with Gasteiger partial charge in [-0.1, -0.05) is 0 Å². The minimum Gasteiger partial charge on any atom is -0.465 e. The second-order valence-corrected chi connectivity index (χ2v) is 4.66. The van der Waals surface area contributed by atoms with E-state index in [1.807, 2.05) is 6.92 Å². The zero-order chi connectivity index (χ0) is 13.8. The number of nitrogens with one attached hydrogen (secondary N) is 1. The van der Waals surface area contributed by atoms with Crippen LogP contribution in [0.15, 0.2) is 12.3 Å². The Balaban J connectivity index is 2.14. The normalized spacial score (nSPS) is 22.8. The number of nitrogens with two attached hydrogens (primary N) is 1. The predicted molar refractivity (Wildman–Crippen MR) is 72.0 cm³/mol. The summed E-state index contributed by atoms with van der Waals surface area (Å²) in [5.41, 5.74) is 6.62. The third-order valence-electron chi connectivity index (χ3n) is 3.22. The Bertz CT molecular complexity index is 464. The lowest BCUT2D eigenvalue weighted by molar-refractivity contribution is 0.0232. The highest BCUT2D eigenvalue weighted by molar-refractivity contribution is 5.97. The number of aromatic nitrogens is 1. The van der Waals surface area contributed by atoms with Crippen molar-refractivity contribution in [2.24, 2.45) is 0 Å². The van der Waals surface area contributed by atoms with Crippen molar-refractivity contribution >= 4 is 17.5 Å². The van der Waals surface area contributed by atoms with Crippen LogP contribution in [0.25, 0.3) is 0 Å². The van der Waals surface area contributed by atoms with Crippen molar-refractivity contribution in [3.05, 3.63) is 17.8 Å². The van der Waals surface area contributed by atoms with E-state index in [-0.39, 0.29) is 12.1 Å². The van der Waals surface area contributed by atoms with E-state index in [2.05, 4.69) is 15.0 Å². The number of methoxy groups -OCH3 is 1. The second-order valence-electron chi connectivity index (χ2n) is 4.66. The molecule has 2 heterocycles. The summed E-state index contributed by atoms with van der Waals surface area (Å²) in [4.78, 5) is 15.7. The molecule has 0 spiro atoms. The van der Waals surface area contributed by atoms with Gasteiger partial charge in [0, 0.05) is 18.8 Å². The molecule has 2 rings (SSSR count). The van der Waals surface area contributed by atoms with Crippen molar-refractivity contribution in [3.8, 4) is 0 Å². The van der Waals surface area contributed by atoms with E-state index >= 15 is 0 Å². The molecule has 1 aromatic heterocycles. The number of pyridine rings is 1. The lowest BCUT2D eigenvalue weighted by atomic mass is 10.0. The van der Waals surface area contributed by atoms with Crippen molar-refractivity contribution in [2.75, 3.05) is 24.8 Å². The van der Waals surface area contributed by atoms with Crippen molar-refractivity contribution in [1.82, 2.24) is 4.98 Å². The van der Waals surface area contributed by atoms with Crippen molar-refractivity contribution in [2.45, 2.75) is 31.9 Å². The molecule has 0 aromatic carbocycles. The quantitative estimate of drug-likeness (QED) is 0.804. The molecule has 6 nitrogen and oxygen atoms in total. The monoisotopic (exact) mass is 265 g/mol. The van der Waals surface area contributed by atoms with Gasteiger partial charge in [-0.25, -0.2) is 9.78 Å². The Morgan fingerprint density at radius 3 is 3.11 bits per heavy atom. The number of rotatable bonds is 3. The fraction of sp³-hybridized carbons (Fsp3) is 0.538. The first-order valence-electron chi connectivity index (χ1n) is 6.32. The Morgan fingerprint density at radius 2 is 2.42 bits per heavy atom. The average Bonchev–Trinajstić information content (AvgIpc) is 2.40. The van der Waals surface area contributed by atoms with E-state index in [0.29, 0.717) is 17.1 Å². The van der Waals surface area contributed by atoms with Crippen molar-refractivity contribution in [1.29, 1.82) is 0 Å². The highest BCUT2D eigenvalue weighted by atomic mass is 16.5. The number of carbonyl (C=O) groups excluding carboxylic acids is 1. The second kappa shape index (κ2) is 5.88. The van der Waals surface area contributed by atoms with Gasteiger partial charge >= 0.3 is 5.97 Å². The molecule has 1 saturated heterocycles. The van der Waals surface area contributed by atoms with Crippen LogP contribution in [0.2, 0.25) is 0 Å². The maximum absolute atomic E-state index is 11.6. The van der Waals surface area contributed by atoms with Gasteiger partial charge in [0.15, 0.2) is 0 Å². The first-order chi connectivity index (χ1) is 9.11. The smallest absolute Gasteiger partial charge is 0.340 e. The van der Waals surface area contributed by atoms with Gasteiger partial charge in [0.2, 0.25) is 0 Å². The van der Waals surface area contributed by atoms with Gasteiger partial charge in [0.25, 0.3) is 0 Å². The zero-order valence-electron chi connectivity index (χ0n) is 11.2. The highest BCUT2D eigenvalue weighted by Gasteiger charge is 2.21. The number of nitrogens with zero attached hydrogens (tertiary/aromatic N) is 1. The van der Waals surface area contributed by atoms with Crippen molar-refractivity contribution in [3.63, 3.8) is 0 Å². The molecule has 1 aromatic rings. The summed E-state index contributed by atoms with van der Waals surface area (Å²) >= 11 is 0. The van der Waals surface area contributed by atoms with Crippen LogP contribution in [0.1, 0.15) is 30.1 Å². The largest absolute Gasteiger partial charge is 0.465 e. The summed E-state index contributed by atoms with van der Waals surface area (Å²) in [5.74, 6) is 0.0743.